The van der Waals surface area contributed by atoms with Crippen molar-refractivity contribution in [3.63, 3.8) is 0 Å². The standard InChI is InChI=1S/C28H29N3O4S/c1-34-24-15-12-20(18-25(24)35-22-6-2-3-7-22)23-8-4-16-31(30-23)28(33)19-10-13-21(14-11-19)29-27(32)26-9-5-17-36-26/h5,9-15,17-18,22H,2-4,6-8,16H2,1H3,(H,29,32). The maximum absolute atomic E-state index is 13.2. The van der Waals surface area contributed by atoms with Crippen LogP contribution in [0.1, 0.15) is 64.1 Å². The van der Waals surface area contributed by atoms with Crippen molar-refractivity contribution < 1.29 is 19.1 Å². The molecule has 0 radical (unpaired) electrons. The van der Waals surface area contributed by atoms with Crippen LogP contribution in [0.3, 0.4) is 0 Å². The van der Waals surface area contributed by atoms with Gasteiger partial charge in [-0.1, -0.05) is 6.07 Å². The number of anilines is 1. The second-order valence-corrected chi connectivity index (χ2v) is 9.92. The van der Waals surface area contributed by atoms with E-state index in [-0.39, 0.29) is 17.9 Å². The van der Waals surface area contributed by atoms with Crippen LogP contribution in [-0.2, 0) is 0 Å². The Bertz CT molecular complexity index is 1250. The van der Waals surface area contributed by atoms with Gasteiger partial charge < -0.3 is 14.8 Å². The number of carbonyl (C=O) groups excluding carboxylic acids is 2. The first-order chi connectivity index (χ1) is 17.6. The minimum absolute atomic E-state index is 0.162. The van der Waals surface area contributed by atoms with Crippen LogP contribution in [0.5, 0.6) is 11.5 Å². The highest BCUT2D eigenvalue weighted by atomic mass is 32.1. The van der Waals surface area contributed by atoms with Crippen molar-refractivity contribution in [2.24, 2.45) is 5.10 Å². The van der Waals surface area contributed by atoms with E-state index < -0.39 is 0 Å². The smallest absolute Gasteiger partial charge is 0.273 e. The molecule has 5 rings (SSSR count). The quantitative estimate of drug-likeness (QED) is 0.431. The Kier molecular flexibility index (Phi) is 7.32. The number of carbonyl (C=O) groups is 2. The van der Waals surface area contributed by atoms with E-state index in [1.807, 2.05) is 29.6 Å². The van der Waals surface area contributed by atoms with Gasteiger partial charge in [-0.05, 0) is 92.4 Å². The molecule has 8 heteroatoms. The average Bonchev–Trinajstić information content (AvgIpc) is 3.64. The molecule has 1 saturated carbocycles. The van der Waals surface area contributed by atoms with Crippen molar-refractivity contribution in [1.29, 1.82) is 0 Å². The number of amides is 2. The fourth-order valence-corrected chi connectivity index (χ4v) is 5.19. The number of methoxy groups -OCH3 is 1. The van der Waals surface area contributed by atoms with Gasteiger partial charge in [0.15, 0.2) is 11.5 Å². The Balaban J connectivity index is 1.30. The van der Waals surface area contributed by atoms with Crippen molar-refractivity contribution in [3.8, 4) is 11.5 Å². The fourth-order valence-electron chi connectivity index (χ4n) is 4.57. The highest BCUT2D eigenvalue weighted by Gasteiger charge is 2.23. The van der Waals surface area contributed by atoms with Crippen LogP contribution in [0.25, 0.3) is 0 Å². The van der Waals surface area contributed by atoms with Gasteiger partial charge in [0.25, 0.3) is 11.8 Å². The summed E-state index contributed by atoms with van der Waals surface area (Å²) in [7, 11) is 1.65. The molecule has 7 nitrogen and oxygen atoms in total. The van der Waals surface area contributed by atoms with E-state index in [0.29, 0.717) is 28.4 Å². The molecule has 3 aromatic rings. The van der Waals surface area contributed by atoms with Crippen LogP contribution < -0.4 is 14.8 Å². The maximum atomic E-state index is 13.2. The van der Waals surface area contributed by atoms with E-state index in [9.17, 15) is 9.59 Å². The zero-order valence-corrected chi connectivity index (χ0v) is 21.1. The number of thiophene rings is 1. The maximum Gasteiger partial charge on any atom is 0.273 e. The monoisotopic (exact) mass is 503 g/mol. The second kappa shape index (κ2) is 11.0. The number of nitrogens with zero attached hydrogens (tertiary/aromatic N) is 2. The minimum atomic E-state index is -0.167. The lowest BCUT2D eigenvalue weighted by molar-refractivity contribution is 0.0751. The predicted octanol–water partition coefficient (Wildman–Crippen LogP) is 5.97. The summed E-state index contributed by atoms with van der Waals surface area (Å²) in [6, 6.07) is 16.4. The number of hydrogen-bond acceptors (Lipinski definition) is 6. The number of nitrogens with one attached hydrogen (secondary N) is 1. The molecule has 1 aliphatic carbocycles. The topological polar surface area (TPSA) is 80.2 Å². The highest BCUT2D eigenvalue weighted by Crippen LogP contribution is 2.33. The van der Waals surface area contributed by atoms with Crippen molar-refractivity contribution in [2.75, 3.05) is 19.0 Å². The molecule has 36 heavy (non-hydrogen) atoms. The summed E-state index contributed by atoms with van der Waals surface area (Å²) in [6.07, 6.45) is 6.34. The summed E-state index contributed by atoms with van der Waals surface area (Å²) >= 11 is 1.38. The molecule has 1 aromatic heterocycles. The largest absolute Gasteiger partial charge is 0.493 e. The zero-order valence-electron chi connectivity index (χ0n) is 20.2. The van der Waals surface area contributed by atoms with E-state index in [2.05, 4.69) is 5.32 Å². The molecule has 0 bridgehead atoms. The van der Waals surface area contributed by atoms with E-state index in [0.717, 1.165) is 42.7 Å². The molecular formula is C28H29N3O4S. The van der Waals surface area contributed by atoms with Crippen LogP contribution >= 0.6 is 11.3 Å². The third kappa shape index (κ3) is 5.44. The summed E-state index contributed by atoms with van der Waals surface area (Å²) in [5.41, 5.74) is 2.95. The summed E-state index contributed by atoms with van der Waals surface area (Å²) in [5.74, 6) is 1.11. The summed E-state index contributed by atoms with van der Waals surface area (Å²) < 4.78 is 11.8. The lowest BCUT2D eigenvalue weighted by Gasteiger charge is -2.24. The Hall–Kier alpha value is -3.65. The van der Waals surface area contributed by atoms with Crippen LogP contribution in [0.15, 0.2) is 65.1 Å². The van der Waals surface area contributed by atoms with Gasteiger partial charge in [0.05, 0.1) is 23.8 Å². The van der Waals surface area contributed by atoms with Gasteiger partial charge in [-0.25, -0.2) is 5.01 Å². The van der Waals surface area contributed by atoms with Crippen LogP contribution in [-0.4, -0.2) is 42.3 Å². The molecule has 186 valence electrons. The third-order valence-corrected chi connectivity index (χ3v) is 7.36. The van der Waals surface area contributed by atoms with Crippen LogP contribution in [0.4, 0.5) is 5.69 Å². The molecule has 0 unspecified atom stereocenters. The Morgan fingerprint density at radius 3 is 2.56 bits per heavy atom. The lowest BCUT2D eigenvalue weighted by Crippen LogP contribution is -2.32. The van der Waals surface area contributed by atoms with E-state index >= 15 is 0 Å². The molecule has 1 N–H and O–H groups in total. The molecular weight excluding hydrogens is 474 g/mol. The summed E-state index contributed by atoms with van der Waals surface area (Å²) in [6.45, 7) is 0.556. The molecule has 2 aromatic carbocycles. The van der Waals surface area contributed by atoms with Gasteiger partial charge in [-0.3, -0.25) is 9.59 Å². The van der Waals surface area contributed by atoms with E-state index in [4.69, 9.17) is 14.6 Å². The average molecular weight is 504 g/mol. The molecule has 2 aliphatic rings. The summed E-state index contributed by atoms with van der Waals surface area (Å²) in [5, 5.41) is 10.9. The summed E-state index contributed by atoms with van der Waals surface area (Å²) in [4.78, 5) is 26.1. The number of ether oxygens (including phenoxy) is 2. The highest BCUT2D eigenvalue weighted by molar-refractivity contribution is 7.12. The molecule has 0 atom stereocenters. The SMILES string of the molecule is COc1ccc(C2=NN(C(=O)c3ccc(NC(=O)c4cccs4)cc3)CCC2)cc1OC1CCCC1. The number of benzene rings is 2. The normalized spacial score (nSPS) is 15.9. The van der Waals surface area contributed by atoms with Gasteiger partial charge in [0, 0.05) is 23.4 Å². The molecule has 0 saturated heterocycles. The zero-order chi connectivity index (χ0) is 24.9. The van der Waals surface area contributed by atoms with Gasteiger partial charge in [-0.15, -0.1) is 11.3 Å². The fraction of sp³-hybridized carbons (Fsp3) is 0.321. The van der Waals surface area contributed by atoms with Gasteiger partial charge in [0.2, 0.25) is 0 Å². The Morgan fingerprint density at radius 2 is 1.83 bits per heavy atom. The van der Waals surface area contributed by atoms with Crippen molar-refractivity contribution >= 4 is 34.6 Å². The molecule has 1 aliphatic heterocycles. The van der Waals surface area contributed by atoms with Crippen molar-refractivity contribution in [2.45, 2.75) is 44.6 Å². The molecule has 2 heterocycles. The van der Waals surface area contributed by atoms with Gasteiger partial charge in [0.1, 0.15) is 0 Å². The first-order valence-electron chi connectivity index (χ1n) is 12.3. The van der Waals surface area contributed by atoms with Gasteiger partial charge in [-0.2, -0.15) is 5.10 Å². The van der Waals surface area contributed by atoms with Crippen molar-refractivity contribution in [3.05, 3.63) is 76.0 Å². The lowest BCUT2D eigenvalue weighted by atomic mass is 10.0. The third-order valence-electron chi connectivity index (χ3n) is 6.49. The van der Waals surface area contributed by atoms with E-state index in [1.54, 1.807) is 37.4 Å². The second-order valence-electron chi connectivity index (χ2n) is 8.98. The van der Waals surface area contributed by atoms with Crippen molar-refractivity contribution in [1.82, 2.24) is 5.01 Å². The Morgan fingerprint density at radius 1 is 1.03 bits per heavy atom. The first kappa shape index (κ1) is 24.1. The number of hydrazone groups is 1. The van der Waals surface area contributed by atoms with Crippen LogP contribution in [0, 0.1) is 0 Å². The predicted molar refractivity (Wildman–Crippen MR) is 141 cm³/mol. The number of hydrogen-bond donors (Lipinski definition) is 1. The van der Waals surface area contributed by atoms with E-state index in [1.165, 1.54) is 29.2 Å². The first-order valence-corrected chi connectivity index (χ1v) is 13.2. The number of rotatable bonds is 7. The molecule has 1 fully saturated rings. The van der Waals surface area contributed by atoms with Gasteiger partial charge >= 0.3 is 0 Å². The molecule has 0 spiro atoms. The van der Waals surface area contributed by atoms with Crippen LogP contribution in [0.2, 0.25) is 0 Å². The molecule has 2 amide bonds. The Labute approximate surface area is 214 Å². The minimum Gasteiger partial charge on any atom is -0.493 e.